The summed E-state index contributed by atoms with van der Waals surface area (Å²) in [5, 5.41) is 3.89. The summed E-state index contributed by atoms with van der Waals surface area (Å²) in [7, 11) is 2.02. The van der Waals surface area contributed by atoms with Gasteiger partial charge in [0.15, 0.2) is 0 Å². The van der Waals surface area contributed by atoms with Gasteiger partial charge in [0.05, 0.1) is 6.54 Å². The Labute approximate surface area is 107 Å². The van der Waals surface area contributed by atoms with Gasteiger partial charge in [0.25, 0.3) is 0 Å². The number of terminal acetylenes is 1. The number of fused-ring (bicyclic) bond motifs is 1. The Kier molecular flexibility index (Phi) is 3.69. The molecule has 1 aromatic carbocycles. The molecule has 3 nitrogen and oxygen atoms in total. The van der Waals surface area contributed by atoms with Crippen LogP contribution in [0.4, 0.5) is 0 Å². The van der Waals surface area contributed by atoms with Crippen molar-refractivity contribution in [3.8, 4) is 12.3 Å². The first-order valence-electron chi connectivity index (χ1n) is 5.95. The lowest BCUT2D eigenvalue weighted by atomic mass is 10.1. The molecule has 0 saturated carbocycles. The van der Waals surface area contributed by atoms with Crippen molar-refractivity contribution in [1.82, 2.24) is 9.88 Å². The average molecular weight is 240 g/mol. The second-order valence-corrected chi connectivity index (χ2v) is 4.26. The van der Waals surface area contributed by atoms with Gasteiger partial charge in [0, 0.05) is 30.6 Å². The molecule has 0 fully saturated rings. The molecule has 0 unspecified atom stereocenters. The lowest BCUT2D eigenvalue weighted by Crippen LogP contribution is -2.23. The van der Waals surface area contributed by atoms with Crippen LogP contribution in [-0.2, 0) is 18.3 Å². The van der Waals surface area contributed by atoms with E-state index in [1.165, 1.54) is 16.5 Å². The monoisotopic (exact) mass is 240 g/mol. The molecule has 0 aliphatic carbocycles. The lowest BCUT2D eigenvalue weighted by Gasteiger charge is -2.00. The fraction of sp³-hybridized carbons (Fsp3) is 0.267. The van der Waals surface area contributed by atoms with Crippen molar-refractivity contribution in [2.24, 2.45) is 7.05 Å². The van der Waals surface area contributed by atoms with Gasteiger partial charge in [-0.1, -0.05) is 24.1 Å². The zero-order chi connectivity index (χ0) is 13.0. The number of hydrogen-bond donors (Lipinski definition) is 1. The van der Waals surface area contributed by atoms with Crippen LogP contribution in [0.3, 0.4) is 0 Å². The normalized spacial score (nSPS) is 10.2. The Morgan fingerprint density at radius 3 is 3.00 bits per heavy atom. The molecular formula is C15H16N2O. The molecule has 1 amide bonds. The second kappa shape index (κ2) is 5.42. The van der Waals surface area contributed by atoms with Crippen molar-refractivity contribution in [3.63, 3.8) is 0 Å². The van der Waals surface area contributed by atoms with E-state index in [1.807, 2.05) is 19.2 Å². The summed E-state index contributed by atoms with van der Waals surface area (Å²) >= 11 is 0. The number of rotatable bonds is 4. The fourth-order valence-electron chi connectivity index (χ4n) is 2.11. The van der Waals surface area contributed by atoms with Crippen LogP contribution in [0, 0.1) is 12.3 Å². The van der Waals surface area contributed by atoms with E-state index < -0.39 is 0 Å². The van der Waals surface area contributed by atoms with Crippen LogP contribution in [0.2, 0.25) is 0 Å². The Balaban J connectivity index is 2.09. The number of nitrogens with zero attached hydrogens (tertiary/aromatic N) is 1. The average Bonchev–Trinajstić information content (AvgIpc) is 2.71. The van der Waals surface area contributed by atoms with E-state index in [1.54, 1.807) is 0 Å². The van der Waals surface area contributed by atoms with E-state index >= 15 is 0 Å². The van der Waals surface area contributed by atoms with Gasteiger partial charge in [-0.15, -0.1) is 6.42 Å². The second-order valence-electron chi connectivity index (χ2n) is 4.26. The van der Waals surface area contributed by atoms with Gasteiger partial charge in [-0.05, 0) is 18.1 Å². The zero-order valence-electron chi connectivity index (χ0n) is 10.4. The minimum absolute atomic E-state index is 0.000819. The van der Waals surface area contributed by atoms with Crippen LogP contribution in [-0.4, -0.2) is 17.0 Å². The smallest absolute Gasteiger partial charge is 0.221 e. The molecule has 2 aromatic rings. The van der Waals surface area contributed by atoms with Gasteiger partial charge < -0.3 is 9.88 Å². The highest BCUT2D eigenvalue weighted by atomic mass is 16.1. The number of nitrogens with one attached hydrogen (secondary N) is 1. The Hall–Kier alpha value is -2.21. The van der Waals surface area contributed by atoms with Crippen LogP contribution >= 0.6 is 0 Å². The predicted molar refractivity (Wildman–Crippen MR) is 73.1 cm³/mol. The predicted octanol–water partition coefficient (Wildman–Crippen LogP) is 1.86. The van der Waals surface area contributed by atoms with E-state index in [4.69, 9.17) is 6.42 Å². The molecular weight excluding hydrogens is 224 g/mol. The summed E-state index contributed by atoms with van der Waals surface area (Å²) in [4.78, 5) is 11.5. The Morgan fingerprint density at radius 2 is 2.22 bits per heavy atom. The highest BCUT2D eigenvalue weighted by molar-refractivity contribution is 5.84. The van der Waals surface area contributed by atoms with Gasteiger partial charge in [-0.3, -0.25) is 4.79 Å². The number of benzene rings is 1. The zero-order valence-corrected chi connectivity index (χ0v) is 10.4. The fourth-order valence-corrected chi connectivity index (χ4v) is 2.11. The standard InChI is InChI=1S/C15H16N2O/c1-3-10-16-15(18)9-8-12-11-17(2)14-7-5-4-6-13(12)14/h1,4-7,11H,8-10H2,2H3,(H,16,18). The molecule has 0 aliphatic heterocycles. The number of hydrogen-bond acceptors (Lipinski definition) is 1. The molecule has 1 heterocycles. The van der Waals surface area contributed by atoms with E-state index in [9.17, 15) is 4.79 Å². The molecule has 0 atom stereocenters. The largest absolute Gasteiger partial charge is 0.350 e. The summed E-state index contributed by atoms with van der Waals surface area (Å²) < 4.78 is 2.09. The summed E-state index contributed by atoms with van der Waals surface area (Å²) in [6.45, 7) is 0.300. The number of para-hydroxylation sites is 1. The lowest BCUT2D eigenvalue weighted by molar-refractivity contribution is -0.120. The maximum absolute atomic E-state index is 11.5. The van der Waals surface area contributed by atoms with Crippen LogP contribution in [0.5, 0.6) is 0 Å². The quantitative estimate of drug-likeness (QED) is 0.813. The third-order valence-corrected chi connectivity index (χ3v) is 2.99. The van der Waals surface area contributed by atoms with Crippen molar-refractivity contribution >= 4 is 16.8 Å². The Bertz CT molecular complexity index is 604. The SMILES string of the molecule is C#CCNC(=O)CCc1cn(C)c2ccccc12. The van der Waals surface area contributed by atoms with Crippen LogP contribution in [0.25, 0.3) is 10.9 Å². The van der Waals surface area contributed by atoms with Crippen molar-refractivity contribution in [2.45, 2.75) is 12.8 Å². The Morgan fingerprint density at radius 1 is 1.44 bits per heavy atom. The third kappa shape index (κ3) is 2.54. The maximum Gasteiger partial charge on any atom is 0.221 e. The van der Waals surface area contributed by atoms with Gasteiger partial charge in [-0.2, -0.15) is 0 Å². The molecule has 18 heavy (non-hydrogen) atoms. The van der Waals surface area contributed by atoms with Crippen LogP contribution in [0.1, 0.15) is 12.0 Å². The molecule has 0 spiro atoms. The van der Waals surface area contributed by atoms with E-state index in [0.717, 1.165) is 6.42 Å². The molecule has 1 aromatic heterocycles. The first-order valence-corrected chi connectivity index (χ1v) is 5.95. The van der Waals surface area contributed by atoms with Crippen molar-refractivity contribution in [2.75, 3.05) is 6.54 Å². The van der Waals surface area contributed by atoms with E-state index in [0.29, 0.717) is 13.0 Å². The minimum Gasteiger partial charge on any atom is -0.350 e. The summed E-state index contributed by atoms with van der Waals surface area (Å²) in [6, 6.07) is 8.21. The molecule has 0 saturated heterocycles. The van der Waals surface area contributed by atoms with Crippen molar-refractivity contribution < 1.29 is 4.79 Å². The number of aryl methyl sites for hydroxylation is 2. The summed E-state index contributed by atoms with van der Waals surface area (Å²) in [5.41, 5.74) is 2.39. The first kappa shape index (κ1) is 12.3. The summed E-state index contributed by atoms with van der Waals surface area (Å²) in [5.74, 6) is 2.40. The van der Waals surface area contributed by atoms with Crippen LogP contribution in [0.15, 0.2) is 30.5 Å². The molecule has 2 rings (SSSR count). The van der Waals surface area contributed by atoms with Crippen molar-refractivity contribution in [1.29, 1.82) is 0 Å². The molecule has 0 aliphatic rings. The molecule has 92 valence electrons. The van der Waals surface area contributed by atoms with E-state index in [-0.39, 0.29) is 5.91 Å². The molecule has 3 heteroatoms. The highest BCUT2D eigenvalue weighted by Crippen LogP contribution is 2.21. The van der Waals surface area contributed by atoms with Gasteiger partial charge >= 0.3 is 0 Å². The third-order valence-electron chi connectivity index (χ3n) is 2.99. The number of carbonyl (C=O) groups is 1. The van der Waals surface area contributed by atoms with E-state index in [2.05, 4.69) is 34.1 Å². The first-order chi connectivity index (χ1) is 8.72. The van der Waals surface area contributed by atoms with Gasteiger partial charge in [0.2, 0.25) is 5.91 Å². The number of amides is 1. The maximum atomic E-state index is 11.5. The summed E-state index contributed by atoms with van der Waals surface area (Å²) in [6.07, 6.45) is 8.38. The topological polar surface area (TPSA) is 34.0 Å². The van der Waals surface area contributed by atoms with Crippen LogP contribution < -0.4 is 5.32 Å². The molecule has 1 N–H and O–H groups in total. The molecule has 0 bridgehead atoms. The van der Waals surface area contributed by atoms with Gasteiger partial charge in [-0.25, -0.2) is 0 Å². The number of aromatic nitrogens is 1. The minimum atomic E-state index is 0.000819. The van der Waals surface area contributed by atoms with Crippen molar-refractivity contribution in [3.05, 3.63) is 36.0 Å². The van der Waals surface area contributed by atoms with Gasteiger partial charge in [0.1, 0.15) is 0 Å². The highest BCUT2D eigenvalue weighted by Gasteiger charge is 2.07. The molecule has 0 radical (unpaired) electrons. The number of carbonyl (C=O) groups excluding carboxylic acids is 1.